The number of hydrogen-bond acceptors (Lipinski definition) is 1. The smallest absolute Gasteiger partial charge is 0.216 e. The molecule has 1 heterocycles. The molecule has 0 radical (unpaired) electrons. The summed E-state index contributed by atoms with van der Waals surface area (Å²) < 4.78 is 2.05. The van der Waals surface area contributed by atoms with Gasteiger partial charge in [0, 0.05) is 25.0 Å². The molecule has 0 bridgehead atoms. The summed E-state index contributed by atoms with van der Waals surface area (Å²) in [5.41, 5.74) is 3.59. The van der Waals surface area contributed by atoms with Gasteiger partial charge in [0.15, 0.2) is 12.4 Å². The summed E-state index contributed by atoms with van der Waals surface area (Å²) in [5, 5.41) is 0. The van der Waals surface area contributed by atoms with Gasteiger partial charge in [0.1, 0.15) is 0 Å². The van der Waals surface area contributed by atoms with Gasteiger partial charge in [-0.25, -0.2) is 0 Å². The lowest BCUT2D eigenvalue weighted by atomic mass is 9.92. The second kappa shape index (κ2) is 8.83. The van der Waals surface area contributed by atoms with Gasteiger partial charge < -0.3 is 12.4 Å². The van der Waals surface area contributed by atoms with Crippen LogP contribution in [0.5, 0.6) is 0 Å². The Kier molecular flexibility index (Phi) is 7.44. The van der Waals surface area contributed by atoms with Gasteiger partial charge in [0.25, 0.3) is 0 Å². The first-order valence-electron chi connectivity index (χ1n) is 8.02. The molecule has 2 nitrogen and oxygen atoms in total. The van der Waals surface area contributed by atoms with E-state index < -0.39 is 0 Å². The molecule has 1 atom stereocenters. The minimum Gasteiger partial charge on any atom is -1.00 e. The molecule has 0 N–H and O–H groups in total. The van der Waals surface area contributed by atoms with Crippen LogP contribution in [0, 0.1) is 19.8 Å². The standard InChI is InChI=1S/C20H26NO.ClH/c1-15(2)13-19(21-11-6-5-7-12-21)20(22)14-18-16(3)9-8-10-17(18)4;/h5-12,15,19H,13-14H2,1-4H3;1H/q+1;/p-1. The Bertz CT molecular complexity index is 617. The van der Waals surface area contributed by atoms with Gasteiger partial charge in [-0.15, -0.1) is 0 Å². The molecule has 0 aliphatic carbocycles. The normalized spacial score (nSPS) is 11.9. The summed E-state index contributed by atoms with van der Waals surface area (Å²) in [6, 6.07) is 12.1. The van der Waals surface area contributed by atoms with E-state index in [1.807, 2.05) is 30.6 Å². The lowest BCUT2D eigenvalue weighted by molar-refractivity contribution is -0.710. The Hall–Kier alpha value is -1.67. The van der Waals surface area contributed by atoms with Crippen LogP contribution < -0.4 is 17.0 Å². The van der Waals surface area contributed by atoms with Crippen LogP contribution >= 0.6 is 0 Å². The molecule has 23 heavy (non-hydrogen) atoms. The highest BCUT2D eigenvalue weighted by molar-refractivity contribution is 5.84. The molecule has 1 aromatic carbocycles. The number of carbonyl (C=O) groups excluding carboxylic acids is 1. The minimum atomic E-state index is -0.0831. The van der Waals surface area contributed by atoms with E-state index in [1.54, 1.807) is 0 Å². The van der Waals surface area contributed by atoms with Crippen molar-refractivity contribution in [3.05, 3.63) is 65.5 Å². The fraction of sp³-hybridized carbons (Fsp3) is 0.400. The van der Waals surface area contributed by atoms with Gasteiger partial charge in [0.05, 0.1) is 0 Å². The first-order chi connectivity index (χ1) is 10.5. The van der Waals surface area contributed by atoms with E-state index in [2.05, 4.69) is 50.5 Å². The molecule has 0 saturated heterocycles. The van der Waals surface area contributed by atoms with Crippen LogP contribution in [0.2, 0.25) is 0 Å². The summed E-state index contributed by atoms with van der Waals surface area (Å²) in [6.45, 7) is 8.51. The summed E-state index contributed by atoms with van der Waals surface area (Å²) in [7, 11) is 0. The molecule has 0 aliphatic heterocycles. The third-order valence-electron chi connectivity index (χ3n) is 4.16. The van der Waals surface area contributed by atoms with Crippen molar-refractivity contribution in [2.24, 2.45) is 5.92 Å². The molecule has 3 heteroatoms. The topological polar surface area (TPSA) is 20.9 Å². The Morgan fingerprint density at radius 2 is 1.57 bits per heavy atom. The molecule has 0 amide bonds. The summed E-state index contributed by atoms with van der Waals surface area (Å²) >= 11 is 0. The molecular formula is C20H26ClNO. The predicted molar refractivity (Wildman–Crippen MR) is 89.8 cm³/mol. The van der Waals surface area contributed by atoms with E-state index >= 15 is 0 Å². The SMILES string of the molecule is Cc1cccc(C)c1CC(=O)C(CC(C)C)[n+]1ccccc1.[Cl-]. The second-order valence-corrected chi connectivity index (χ2v) is 6.48. The average Bonchev–Trinajstić information content (AvgIpc) is 2.49. The molecule has 2 rings (SSSR count). The number of benzene rings is 1. The molecule has 0 aliphatic rings. The molecule has 0 fully saturated rings. The highest BCUT2D eigenvalue weighted by atomic mass is 35.5. The number of aryl methyl sites for hydroxylation is 2. The number of ketones is 1. The van der Waals surface area contributed by atoms with Crippen LogP contribution in [0.25, 0.3) is 0 Å². The third kappa shape index (κ3) is 5.18. The first-order valence-corrected chi connectivity index (χ1v) is 8.02. The number of halogens is 1. The Labute approximate surface area is 146 Å². The van der Waals surface area contributed by atoms with Crippen LogP contribution in [-0.4, -0.2) is 5.78 Å². The van der Waals surface area contributed by atoms with E-state index in [4.69, 9.17) is 0 Å². The van der Waals surface area contributed by atoms with Crippen LogP contribution in [0.1, 0.15) is 43.0 Å². The zero-order valence-electron chi connectivity index (χ0n) is 14.4. The van der Waals surface area contributed by atoms with E-state index in [-0.39, 0.29) is 18.4 Å². The van der Waals surface area contributed by atoms with E-state index in [0.29, 0.717) is 18.1 Å². The van der Waals surface area contributed by atoms with Crippen LogP contribution in [0.4, 0.5) is 0 Å². The maximum absolute atomic E-state index is 12.9. The van der Waals surface area contributed by atoms with Crippen LogP contribution in [-0.2, 0) is 11.2 Å². The van der Waals surface area contributed by atoms with Crippen molar-refractivity contribution in [2.75, 3.05) is 0 Å². The maximum Gasteiger partial charge on any atom is 0.216 e. The maximum atomic E-state index is 12.9. The summed E-state index contributed by atoms with van der Waals surface area (Å²) in [5.74, 6) is 0.780. The van der Waals surface area contributed by atoms with E-state index in [0.717, 1.165) is 6.42 Å². The molecule has 0 saturated carbocycles. The Morgan fingerprint density at radius 3 is 2.09 bits per heavy atom. The number of pyridine rings is 1. The van der Waals surface area contributed by atoms with Gasteiger partial charge in [0.2, 0.25) is 11.8 Å². The van der Waals surface area contributed by atoms with Gasteiger partial charge in [-0.2, -0.15) is 4.57 Å². The van der Waals surface area contributed by atoms with Crippen LogP contribution in [0.3, 0.4) is 0 Å². The molecule has 1 unspecified atom stereocenters. The van der Waals surface area contributed by atoms with Gasteiger partial charge >= 0.3 is 0 Å². The predicted octanol–water partition coefficient (Wildman–Crippen LogP) is 0.994. The Balaban J connectivity index is 0.00000264. The monoisotopic (exact) mass is 331 g/mol. The molecule has 1 aromatic heterocycles. The molecule has 0 spiro atoms. The minimum absolute atomic E-state index is 0. The number of rotatable bonds is 6. The number of aromatic nitrogens is 1. The van der Waals surface area contributed by atoms with E-state index in [9.17, 15) is 4.79 Å². The number of carbonyl (C=O) groups is 1. The Morgan fingerprint density at radius 1 is 1.00 bits per heavy atom. The zero-order valence-corrected chi connectivity index (χ0v) is 15.2. The van der Waals surface area contributed by atoms with Gasteiger partial charge in [-0.1, -0.05) is 38.1 Å². The van der Waals surface area contributed by atoms with Crippen molar-refractivity contribution < 1.29 is 21.8 Å². The van der Waals surface area contributed by atoms with Crippen molar-refractivity contribution in [3.63, 3.8) is 0 Å². The lowest BCUT2D eigenvalue weighted by Crippen LogP contribution is -3.00. The number of nitrogens with zero attached hydrogens (tertiary/aromatic N) is 1. The van der Waals surface area contributed by atoms with E-state index in [1.165, 1.54) is 16.7 Å². The van der Waals surface area contributed by atoms with Crippen molar-refractivity contribution in [1.29, 1.82) is 0 Å². The first kappa shape index (κ1) is 19.4. The highest BCUT2D eigenvalue weighted by Gasteiger charge is 2.28. The third-order valence-corrected chi connectivity index (χ3v) is 4.16. The fourth-order valence-corrected chi connectivity index (χ4v) is 2.91. The number of Topliss-reactive ketones (excluding diaryl/α,β-unsaturated/α-hetero) is 1. The summed E-state index contributed by atoms with van der Waals surface area (Å²) in [4.78, 5) is 12.9. The molecule has 2 aromatic rings. The van der Waals surface area contributed by atoms with Crippen molar-refractivity contribution in [3.8, 4) is 0 Å². The molecular weight excluding hydrogens is 306 g/mol. The fourth-order valence-electron chi connectivity index (χ4n) is 2.91. The quantitative estimate of drug-likeness (QED) is 0.723. The zero-order chi connectivity index (χ0) is 16.1. The average molecular weight is 332 g/mol. The second-order valence-electron chi connectivity index (χ2n) is 6.48. The van der Waals surface area contributed by atoms with Gasteiger partial charge in [-0.05, 0) is 36.5 Å². The van der Waals surface area contributed by atoms with Crippen molar-refractivity contribution >= 4 is 5.78 Å². The summed E-state index contributed by atoms with van der Waals surface area (Å²) in [6.07, 6.45) is 5.38. The van der Waals surface area contributed by atoms with Crippen LogP contribution in [0.15, 0.2) is 48.8 Å². The lowest BCUT2D eigenvalue weighted by Gasteiger charge is -2.15. The number of hydrogen-bond donors (Lipinski definition) is 0. The molecule has 124 valence electrons. The highest BCUT2D eigenvalue weighted by Crippen LogP contribution is 2.19. The van der Waals surface area contributed by atoms with Gasteiger partial charge in [-0.3, -0.25) is 4.79 Å². The van der Waals surface area contributed by atoms with Crippen molar-refractivity contribution in [1.82, 2.24) is 0 Å². The van der Waals surface area contributed by atoms with Crippen molar-refractivity contribution in [2.45, 2.75) is 46.6 Å². The largest absolute Gasteiger partial charge is 1.00 e.